The molecule has 0 bridgehead atoms. The van der Waals surface area contributed by atoms with Crippen molar-refractivity contribution in [3.05, 3.63) is 57.3 Å². The van der Waals surface area contributed by atoms with Gasteiger partial charge in [0.2, 0.25) is 0 Å². The summed E-state index contributed by atoms with van der Waals surface area (Å²) in [7, 11) is 0. The lowest BCUT2D eigenvalue weighted by atomic mass is 10.1. The Morgan fingerprint density at radius 1 is 1.26 bits per heavy atom. The maximum absolute atomic E-state index is 13.7. The minimum Gasteiger partial charge on any atom is -0.453 e. The van der Waals surface area contributed by atoms with Gasteiger partial charge in [-0.25, -0.2) is 4.39 Å². The second-order valence-corrected chi connectivity index (χ2v) is 5.39. The molecular weight excluding hydrogens is 333 g/mol. The van der Waals surface area contributed by atoms with Crippen molar-refractivity contribution in [2.75, 3.05) is 0 Å². The average Bonchev–Trinajstić information content (AvgIpc) is 2.37. The molecule has 2 N–H and O–H groups in total. The average molecular weight is 345 g/mol. The molecule has 1 atom stereocenters. The Bertz CT molecular complexity index is 604. The van der Waals surface area contributed by atoms with Crippen LogP contribution in [0.5, 0.6) is 11.5 Å². The molecule has 0 aliphatic carbocycles. The lowest BCUT2D eigenvalue weighted by Gasteiger charge is -2.12. The number of hydrogen-bond acceptors (Lipinski definition) is 2. The van der Waals surface area contributed by atoms with Gasteiger partial charge in [-0.05, 0) is 52.7 Å². The van der Waals surface area contributed by atoms with E-state index in [0.29, 0.717) is 10.2 Å². The van der Waals surface area contributed by atoms with E-state index < -0.39 is 5.82 Å². The van der Waals surface area contributed by atoms with Crippen LogP contribution in [0.2, 0.25) is 5.02 Å². The Labute approximate surface area is 124 Å². The summed E-state index contributed by atoms with van der Waals surface area (Å²) >= 11 is 9.08. The summed E-state index contributed by atoms with van der Waals surface area (Å²) in [5.74, 6) is 0.0136. The molecule has 0 radical (unpaired) electrons. The van der Waals surface area contributed by atoms with Crippen molar-refractivity contribution in [3.8, 4) is 11.5 Å². The van der Waals surface area contributed by atoms with Gasteiger partial charge in [-0.2, -0.15) is 0 Å². The third-order valence-corrected chi connectivity index (χ3v) is 3.53. The van der Waals surface area contributed by atoms with Crippen LogP contribution in [0.4, 0.5) is 4.39 Å². The van der Waals surface area contributed by atoms with E-state index >= 15 is 0 Å². The summed E-state index contributed by atoms with van der Waals surface area (Å²) in [6.45, 7) is 1.89. The second kappa shape index (κ2) is 5.90. The van der Waals surface area contributed by atoms with E-state index in [-0.39, 0.29) is 16.8 Å². The molecule has 0 fully saturated rings. The van der Waals surface area contributed by atoms with Gasteiger partial charge in [0.15, 0.2) is 11.6 Å². The molecule has 0 saturated heterocycles. The number of halogens is 3. The van der Waals surface area contributed by atoms with Gasteiger partial charge >= 0.3 is 0 Å². The van der Waals surface area contributed by atoms with Crippen LogP contribution in [0.15, 0.2) is 40.9 Å². The third-order valence-electron chi connectivity index (χ3n) is 2.62. The fourth-order valence-electron chi connectivity index (χ4n) is 1.56. The van der Waals surface area contributed by atoms with Gasteiger partial charge in [-0.15, -0.1) is 0 Å². The SMILES string of the molecule is C[C@@H](N)c1ccc(Oc2cccc(Cl)c2F)c(Br)c1. The Morgan fingerprint density at radius 3 is 2.63 bits per heavy atom. The summed E-state index contributed by atoms with van der Waals surface area (Å²) < 4.78 is 20.0. The number of rotatable bonds is 3. The zero-order chi connectivity index (χ0) is 14.0. The fourth-order valence-corrected chi connectivity index (χ4v) is 2.21. The van der Waals surface area contributed by atoms with Crippen LogP contribution in [-0.2, 0) is 0 Å². The van der Waals surface area contributed by atoms with Crippen LogP contribution in [0.1, 0.15) is 18.5 Å². The molecule has 0 aliphatic rings. The lowest BCUT2D eigenvalue weighted by molar-refractivity contribution is 0.440. The highest BCUT2D eigenvalue weighted by atomic mass is 79.9. The van der Waals surface area contributed by atoms with Gasteiger partial charge < -0.3 is 10.5 Å². The quantitative estimate of drug-likeness (QED) is 0.845. The van der Waals surface area contributed by atoms with Crippen molar-refractivity contribution < 1.29 is 9.13 Å². The molecule has 0 amide bonds. The maximum atomic E-state index is 13.7. The largest absolute Gasteiger partial charge is 0.453 e. The maximum Gasteiger partial charge on any atom is 0.184 e. The first kappa shape index (κ1) is 14.3. The standard InChI is InChI=1S/C14H12BrClFNO/c1-8(18)9-5-6-12(10(15)7-9)19-13-4-2-3-11(16)14(13)17/h2-8H,18H2,1H3/t8-/m1/s1. The van der Waals surface area contributed by atoms with Gasteiger partial charge in [0.1, 0.15) is 5.75 Å². The molecule has 0 spiro atoms. The van der Waals surface area contributed by atoms with Crippen LogP contribution < -0.4 is 10.5 Å². The van der Waals surface area contributed by atoms with E-state index in [1.165, 1.54) is 12.1 Å². The highest BCUT2D eigenvalue weighted by Crippen LogP contribution is 2.34. The van der Waals surface area contributed by atoms with Gasteiger partial charge in [0.25, 0.3) is 0 Å². The van der Waals surface area contributed by atoms with Crippen LogP contribution >= 0.6 is 27.5 Å². The van der Waals surface area contributed by atoms with E-state index in [2.05, 4.69) is 15.9 Å². The molecule has 2 aromatic rings. The molecule has 0 saturated carbocycles. The third kappa shape index (κ3) is 3.26. The first-order chi connectivity index (χ1) is 8.99. The van der Waals surface area contributed by atoms with Crippen molar-refractivity contribution in [1.29, 1.82) is 0 Å². The Balaban J connectivity index is 2.31. The Hall–Kier alpha value is -1.10. The van der Waals surface area contributed by atoms with Crippen LogP contribution in [0.25, 0.3) is 0 Å². The van der Waals surface area contributed by atoms with Crippen molar-refractivity contribution in [3.63, 3.8) is 0 Å². The zero-order valence-electron chi connectivity index (χ0n) is 10.2. The minimum absolute atomic E-state index is 0.0285. The summed E-state index contributed by atoms with van der Waals surface area (Å²) in [6.07, 6.45) is 0. The van der Waals surface area contributed by atoms with E-state index in [4.69, 9.17) is 22.1 Å². The number of ether oxygens (including phenoxy) is 1. The van der Waals surface area contributed by atoms with Crippen LogP contribution in [0, 0.1) is 5.82 Å². The van der Waals surface area contributed by atoms with Gasteiger partial charge in [-0.1, -0.05) is 23.7 Å². The molecule has 5 heteroatoms. The zero-order valence-corrected chi connectivity index (χ0v) is 12.5. The van der Waals surface area contributed by atoms with E-state index in [1.54, 1.807) is 12.1 Å². The van der Waals surface area contributed by atoms with E-state index in [9.17, 15) is 4.39 Å². The first-order valence-electron chi connectivity index (χ1n) is 5.66. The molecule has 0 aromatic heterocycles. The predicted octanol–water partition coefficient (Wildman–Crippen LogP) is 5.05. The fraction of sp³-hybridized carbons (Fsp3) is 0.143. The van der Waals surface area contributed by atoms with Crippen molar-refractivity contribution in [2.24, 2.45) is 5.73 Å². The summed E-state index contributed by atoms with van der Waals surface area (Å²) in [6, 6.07) is 9.97. The second-order valence-electron chi connectivity index (χ2n) is 4.13. The number of nitrogens with two attached hydrogens (primary N) is 1. The van der Waals surface area contributed by atoms with Crippen LogP contribution in [-0.4, -0.2) is 0 Å². The molecule has 0 heterocycles. The van der Waals surface area contributed by atoms with Gasteiger partial charge in [0.05, 0.1) is 9.50 Å². The molecule has 100 valence electrons. The lowest BCUT2D eigenvalue weighted by Crippen LogP contribution is -2.04. The highest BCUT2D eigenvalue weighted by Gasteiger charge is 2.11. The molecule has 19 heavy (non-hydrogen) atoms. The van der Waals surface area contributed by atoms with Gasteiger partial charge in [-0.3, -0.25) is 0 Å². The first-order valence-corrected chi connectivity index (χ1v) is 6.83. The van der Waals surface area contributed by atoms with E-state index in [1.807, 2.05) is 19.1 Å². The molecule has 2 rings (SSSR count). The number of benzene rings is 2. The minimum atomic E-state index is -0.577. The number of hydrogen-bond donors (Lipinski definition) is 1. The van der Waals surface area contributed by atoms with Gasteiger partial charge in [0, 0.05) is 6.04 Å². The predicted molar refractivity (Wildman–Crippen MR) is 78.2 cm³/mol. The molecule has 0 aliphatic heterocycles. The molecule has 2 nitrogen and oxygen atoms in total. The summed E-state index contributed by atoms with van der Waals surface area (Å²) in [5.41, 5.74) is 6.75. The molecule has 0 unspecified atom stereocenters. The highest BCUT2D eigenvalue weighted by molar-refractivity contribution is 9.10. The van der Waals surface area contributed by atoms with Crippen molar-refractivity contribution in [1.82, 2.24) is 0 Å². The Kier molecular flexibility index (Phi) is 4.45. The Morgan fingerprint density at radius 2 is 2.00 bits per heavy atom. The topological polar surface area (TPSA) is 35.2 Å². The normalized spacial score (nSPS) is 12.3. The van der Waals surface area contributed by atoms with Crippen molar-refractivity contribution in [2.45, 2.75) is 13.0 Å². The summed E-state index contributed by atoms with van der Waals surface area (Å²) in [5, 5.41) is 0.0285. The van der Waals surface area contributed by atoms with Crippen molar-refractivity contribution >= 4 is 27.5 Å². The van der Waals surface area contributed by atoms with E-state index in [0.717, 1.165) is 5.56 Å². The van der Waals surface area contributed by atoms with Crippen LogP contribution in [0.3, 0.4) is 0 Å². The smallest absolute Gasteiger partial charge is 0.184 e. The summed E-state index contributed by atoms with van der Waals surface area (Å²) in [4.78, 5) is 0. The molecule has 2 aromatic carbocycles. The molecular formula is C14H12BrClFNO. The monoisotopic (exact) mass is 343 g/mol.